The molecule has 0 heterocycles. The Morgan fingerprint density at radius 3 is 2.72 bits per heavy atom. The summed E-state index contributed by atoms with van der Waals surface area (Å²) in [5.74, 6) is -0.757. The molecular formula is C13H17N3O2. The van der Waals surface area contributed by atoms with E-state index in [9.17, 15) is 9.59 Å². The molecule has 2 amide bonds. The van der Waals surface area contributed by atoms with E-state index in [0.717, 1.165) is 0 Å². The third-order valence-corrected chi connectivity index (χ3v) is 2.15. The van der Waals surface area contributed by atoms with E-state index in [1.807, 2.05) is 19.0 Å². The van der Waals surface area contributed by atoms with E-state index in [2.05, 4.69) is 5.32 Å². The molecule has 0 spiro atoms. The summed E-state index contributed by atoms with van der Waals surface area (Å²) in [5.41, 5.74) is 6.07. The molecule has 1 aromatic rings. The maximum absolute atomic E-state index is 11.5. The molecule has 0 aliphatic rings. The van der Waals surface area contributed by atoms with Crippen LogP contribution in [0.1, 0.15) is 10.4 Å². The third kappa shape index (κ3) is 4.80. The van der Waals surface area contributed by atoms with E-state index in [-0.39, 0.29) is 5.91 Å². The molecule has 18 heavy (non-hydrogen) atoms. The lowest BCUT2D eigenvalue weighted by atomic mass is 10.2. The van der Waals surface area contributed by atoms with Crippen LogP contribution in [0.2, 0.25) is 0 Å². The van der Waals surface area contributed by atoms with Crippen molar-refractivity contribution >= 4 is 17.5 Å². The second-order valence-electron chi connectivity index (χ2n) is 4.10. The van der Waals surface area contributed by atoms with Crippen molar-refractivity contribution in [3.8, 4) is 0 Å². The van der Waals surface area contributed by atoms with Crippen LogP contribution < -0.4 is 11.1 Å². The van der Waals surface area contributed by atoms with Gasteiger partial charge in [-0.2, -0.15) is 0 Å². The van der Waals surface area contributed by atoms with Gasteiger partial charge in [-0.05, 0) is 32.3 Å². The predicted molar refractivity (Wildman–Crippen MR) is 71.3 cm³/mol. The molecule has 0 bridgehead atoms. The van der Waals surface area contributed by atoms with Crippen LogP contribution in [-0.2, 0) is 4.79 Å². The monoisotopic (exact) mass is 247 g/mol. The van der Waals surface area contributed by atoms with E-state index in [1.54, 1.807) is 30.3 Å². The van der Waals surface area contributed by atoms with Gasteiger partial charge in [-0.25, -0.2) is 0 Å². The summed E-state index contributed by atoms with van der Waals surface area (Å²) >= 11 is 0. The van der Waals surface area contributed by atoms with Crippen LogP contribution in [0.25, 0.3) is 0 Å². The number of nitrogens with zero attached hydrogens (tertiary/aromatic N) is 1. The van der Waals surface area contributed by atoms with Crippen LogP contribution in [0.5, 0.6) is 0 Å². The van der Waals surface area contributed by atoms with Gasteiger partial charge in [0.05, 0.1) is 0 Å². The van der Waals surface area contributed by atoms with Crippen LogP contribution >= 0.6 is 0 Å². The van der Waals surface area contributed by atoms with Crippen molar-refractivity contribution in [3.05, 3.63) is 42.0 Å². The topological polar surface area (TPSA) is 75.4 Å². The summed E-state index contributed by atoms with van der Waals surface area (Å²) in [6, 6.07) is 6.50. The number of carbonyl (C=O) groups excluding carboxylic acids is 2. The van der Waals surface area contributed by atoms with E-state index in [1.165, 1.54) is 6.08 Å². The maximum Gasteiger partial charge on any atom is 0.248 e. The Balaban J connectivity index is 2.62. The summed E-state index contributed by atoms with van der Waals surface area (Å²) in [6.45, 7) is 0.689. The number of amides is 2. The molecular weight excluding hydrogens is 230 g/mol. The van der Waals surface area contributed by atoms with Crippen molar-refractivity contribution in [2.24, 2.45) is 5.73 Å². The molecule has 1 rings (SSSR count). The minimum absolute atomic E-state index is 0.238. The van der Waals surface area contributed by atoms with Gasteiger partial charge in [0, 0.05) is 23.9 Å². The number of anilines is 1. The number of benzene rings is 1. The molecule has 1 aromatic carbocycles. The number of nitrogens with one attached hydrogen (secondary N) is 1. The number of likely N-dealkylation sites (N-methyl/N-ethyl adjacent to an activating group) is 1. The molecule has 0 saturated carbocycles. The zero-order valence-corrected chi connectivity index (χ0v) is 10.5. The van der Waals surface area contributed by atoms with Crippen LogP contribution in [0.4, 0.5) is 5.69 Å². The SMILES string of the molecule is CN(C)CC=CC(=O)Nc1cccc(C(N)=O)c1. The van der Waals surface area contributed by atoms with Gasteiger partial charge < -0.3 is 16.0 Å². The highest BCUT2D eigenvalue weighted by atomic mass is 16.1. The van der Waals surface area contributed by atoms with Gasteiger partial charge in [-0.1, -0.05) is 12.1 Å². The third-order valence-electron chi connectivity index (χ3n) is 2.15. The number of hydrogen-bond acceptors (Lipinski definition) is 3. The molecule has 0 saturated heterocycles. The number of carbonyl (C=O) groups is 2. The van der Waals surface area contributed by atoms with E-state index in [0.29, 0.717) is 17.8 Å². The average molecular weight is 247 g/mol. The Hall–Kier alpha value is -2.14. The fourth-order valence-corrected chi connectivity index (χ4v) is 1.30. The van der Waals surface area contributed by atoms with Crippen molar-refractivity contribution in [3.63, 3.8) is 0 Å². The fraction of sp³-hybridized carbons (Fsp3) is 0.231. The first kappa shape index (κ1) is 13.9. The molecule has 0 aromatic heterocycles. The predicted octanol–water partition coefficient (Wildman–Crippen LogP) is 0.842. The average Bonchev–Trinajstić information content (AvgIpc) is 2.28. The Kier molecular flexibility index (Phi) is 5.07. The second-order valence-corrected chi connectivity index (χ2v) is 4.10. The van der Waals surface area contributed by atoms with Crippen molar-refractivity contribution in [2.45, 2.75) is 0 Å². The van der Waals surface area contributed by atoms with E-state index < -0.39 is 5.91 Å². The molecule has 5 nitrogen and oxygen atoms in total. The largest absolute Gasteiger partial charge is 0.366 e. The van der Waals surface area contributed by atoms with Crippen molar-refractivity contribution in [1.29, 1.82) is 0 Å². The van der Waals surface area contributed by atoms with Gasteiger partial charge in [-0.15, -0.1) is 0 Å². The molecule has 5 heteroatoms. The van der Waals surface area contributed by atoms with E-state index >= 15 is 0 Å². The summed E-state index contributed by atoms with van der Waals surface area (Å²) in [6.07, 6.45) is 3.21. The fourth-order valence-electron chi connectivity index (χ4n) is 1.30. The van der Waals surface area contributed by atoms with Crippen LogP contribution in [0.15, 0.2) is 36.4 Å². The molecule has 0 aliphatic carbocycles. The summed E-state index contributed by atoms with van der Waals surface area (Å²) in [4.78, 5) is 24.5. The molecule has 0 radical (unpaired) electrons. The molecule has 3 N–H and O–H groups in total. The van der Waals surface area contributed by atoms with Crippen LogP contribution in [-0.4, -0.2) is 37.4 Å². The number of nitrogens with two attached hydrogens (primary N) is 1. The smallest absolute Gasteiger partial charge is 0.248 e. The number of rotatable bonds is 5. The van der Waals surface area contributed by atoms with Crippen molar-refractivity contribution in [1.82, 2.24) is 4.90 Å². The molecule has 0 fully saturated rings. The first-order valence-electron chi connectivity index (χ1n) is 5.51. The number of primary amides is 1. The summed E-state index contributed by atoms with van der Waals surface area (Å²) < 4.78 is 0. The van der Waals surface area contributed by atoms with Crippen LogP contribution in [0.3, 0.4) is 0 Å². The molecule has 0 atom stereocenters. The Bertz CT molecular complexity index is 467. The van der Waals surface area contributed by atoms with Gasteiger partial charge in [-0.3, -0.25) is 9.59 Å². The summed E-state index contributed by atoms with van der Waals surface area (Å²) in [7, 11) is 3.83. The Labute approximate surface area is 106 Å². The van der Waals surface area contributed by atoms with Gasteiger partial charge in [0.1, 0.15) is 0 Å². The molecule has 0 aliphatic heterocycles. The Morgan fingerprint density at radius 2 is 2.11 bits per heavy atom. The maximum atomic E-state index is 11.5. The first-order valence-corrected chi connectivity index (χ1v) is 5.51. The van der Waals surface area contributed by atoms with Crippen molar-refractivity contribution in [2.75, 3.05) is 26.0 Å². The van der Waals surface area contributed by atoms with Gasteiger partial charge in [0.2, 0.25) is 11.8 Å². The zero-order chi connectivity index (χ0) is 13.5. The first-order chi connectivity index (χ1) is 8.49. The lowest BCUT2D eigenvalue weighted by molar-refractivity contribution is -0.111. The minimum atomic E-state index is -0.519. The highest BCUT2D eigenvalue weighted by molar-refractivity contribution is 6.00. The normalized spacial score (nSPS) is 10.8. The van der Waals surface area contributed by atoms with Crippen LogP contribution in [0, 0.1) is 0 Å². The van der Waals surface area contributed by atoms with E-state index in [4.69, 9.17) is 5.73 Å². The zero-order valence-electron chi connectivity index (χ0n) is 10.5. The number of hydrogen-bond donors (Lipinski definition) is 2. The Morgan fingerprint density at radius 1 is 1.39 bits per heavy atom. The molecule has 96 valence electrons. The van der Waals surface area contributed by atoms with Gasteiger partial charge in [0.25, 0.3) is 0 Å². The van der Waals surface area contributed by atoms with Gasteiger partial charge >= 0.3 is 0 Å². The minimum Gasteiger partial charge on any atom is -0.366 e. The van der Waals surface area contributed by atoms with Gasteiger partial charge in [0.15, 0.2) is 0 Å². The molecule has 0 unspecified atom stereocenters. The quantitative estimate of drug-likeness (QED) is 0.757. The highest BCUT2D eigenvalue weighted by Gasteiger charge is 2.02. The second kappa shape index (κ2) is 6.56. The van der Waals surface area contributed by atoms with Crippen molar-refractivity contribution < 1.29 is 9.59 Å². The standard InChI is InChI=1S/C13H17N3O2/c1-16(2)8-4-7-12(17)15-11-6-3-5-10(9-11)13(14)18/h3-7,9H,8H2,1-2H3,(H2,14,18)(H,15,17). The lowest BCUT2D eigenvalue weighted by Crippen LogP contribution is -2.14. The lowest BCUT2D eigenvalue weighted by Gasteiger charge is -2.05. The highest BCUT2D eigenvalue weighted by Crippen LogP contribution is 2.10. The summed E-state index contributed by atoms with van der Waals surface area (Å²) in [5, 5.41) is 2.66.